The number of likely N-dealkylation sites (N-methyl/N-ethyl adjacent to an activating group) is 1. The lowest BCUT2D eigenvalue weighted by molar-refractivity contribution is -0.138. The standard InChI is InChI=1S/C27H30ClN5O3.C26H26F3N5O3.C25H26ClN5O3.C22H23N5O2/c1-16-12-19(28)9-8-18(16)15-32(3)10-11-33-22-14-23(36-20-6-4-5-7-20)17(2)13-21(22)29-24-25(33)30-27(35)31-26(24)34;1-15-12-19-20(13-21(15)37-17-7-3-4-8-17)34(23-22(31-19)24(35)33-25(36)32-23)11-10-30-14-16-6-2-5-9-18(16)26(27,28)29;1-15-11-19-20(13-21(15)34-18-7-2-3-8-18)31(23-22(28-19)24(32)30-25(33)29-23)10-9-27-14-16-5-4-6-17(26)12-16;1-14-11-17-18(12-15(14)2)27(20-19(24-17)21(28)26-22(29)25-20)10-6-9-23-13-16-7-4-3-5-8-16/h8-9,12-14,20H,4-7,10-11,15H2,1-3H3,(H,31,34,35);2,5-6,9,12-13,17,30H,3-4,7-8,10-11,14H2,1H3,(H,33,35,36);4-6,11-13,18,27H,2-3,7-10,14H2,1H3,(H,30,32,33);3-5,7-8,11-12,23H,6,9-10,13H2,1-2H3,(H,26,28,29). The summed E-state index contributed by atoms with van der Waals surface area (Å²) in [5, 5.41) is 11.3. The van der Waals surface area contributed by atoms with E-state index < -0.39 is 56.7 Å². The van der Waals surface area contributed by atoms with Crippen molar-refractivity contribution in [3.8, 4) is 63.3 Å². The SMILES string of the molecule is Cc1cc(Cl)ccc1CN(C)CCn1c2nc(=O)[nH]c(=O)c-2nc2cc(C)c(OC3CCCC3)cc21.Cc1cc2nc3c(=O)[nH]c(=O)nc-3n(CCCNCc3ccccc3)c2cc1C.Cc1cc2nc3c(=O)[nH]c(=O)nc-3n(CCNCc3cccc(Cl)c3)c2cc1OC1CCCC1.Cc1cc2nc3c(=O)[nH]c(=O)nc-3n(CCNCc3ccccc3C(F)(F)F)c2cc1OC1CCCC1. The summed E-state index contributed by atoms with van der Waals surface area (Å²) in [6.07, 6.45) is 10.1. The lowest BCUT2D eigenvalue weighted by Gasteiger charge is -2.23. The number of rotatable bonds is 27. The number of aryl methyl sites for hydroxylation is 7. The first-order chi connectivity index (χ1) is 65.5. The fourth-order valence-corrected chi connectivity index (χ4v) is 18.2. The second-order valence-electron chi connectivity index (χ2n) is 35.0. The molecule has 8 aliphatic heterocycles. The summed E-state index contributed by atoms with van der Waals surface area (Å²) >= 11 is 12.2. The number of ether oxygens (including phenoxy) is 3. The molecule has 31 nitrogen and oxygen atoms in total. The maximum Gasteiger partial charge on any atom is 0.416 e. The summed E-state index contributed by atoms with van der Waals surface area (Å²) in [6, 6.07) is 44.7. The van der Waals surface area contributed by atoms with Gasteiger partial charge in [0.15, 0.2) is 46.1 Å². The van der Waals surface area contributed by atoms with Gasteiger partial charge in [0.2, 0.25) is 0 Å². The van der Waals surface area contributed by atoms with E-state index in [0.717, 1.165) is 161 Å². The van der Waals surface area contributed by atoms with Crippen molar-refractivity contribution >= 4 is 67.3 Å². The van der Waals surface area contributed by atoms with Crippen LogP contribution < -0.4 is 75.2 Å². The van der Waals surface area contributed by atoms with Crippen LogP contribution in [-0.2, 0) is 58.5 Å². The van der Waals surface area contributed by atoms with Crippen LogP contribution >= 0.6 is 23.2 Å². The molecule has 0 aromatic heterocycles. The van der Waals surface area contributed by atoms with E-state index in [-0.39, 0.29) is 83.8 Å². The maximum absolute atomic E-state index is 13.3. The number of hydrogen-bond donors (Lipinski definition) is 7. The van der Waals surface area contributed by atoms with Crippen molar-refractivity contribution in [1.29, 1.82) is 0 Å². The Morgan fingerprint density at radius 2 is 0.757 bits per heavy atom. The number of fused-ring (bicyclic) bond motifs is 8. The molecule has 19 rings (SSSR count). The molecule has 0 saturated heterocycles. The van der Waals surface area contributed by atoms with Crippen molar-refractivity contribution in [3.63, 3.8) is 0 Å². The third kappa shape index (κ3) is 22.8. The third-order valence-electron chi connectivity index (χ3n) is 25.0. The van der Waals surface area contributed by atoms with Crippen LogP contribution in [-0.4, -0.2) is 135 Å². The number of nitrogens with one attached hydrogen (secondary N) is 7. The van der Waals surface area contributed by atoms with Gasteiger partial charge in [-0.1, -0.05) is 89.9 Å². The van der Waals surface area contributed by atoms with E-state index in [2.05, 4.69) is 92.8 Å². The van der Waals surface area contributed by atoms with Crippen molar-refractivity contribution in [3.05, 3.63) is 300 Å². The summed E-state index contributed by atoms with van der Waals surface area (Å²) < 4.78 is 66.3. The Morgan fingerprint density at radius 1 is 0.382 bits per heavy atom. The molecule has 8 heterocycles. The molecule has 3 saturated carbocycles. The van der Waals surface area contributed by atoms with Gasteiger partial charge in [-0.05, 0) is 255 Å². The van der Waals surface area contributed by atoms with Crippen LogP contribution in [0, 0.1) is 41.5 Å². The van der Waals surface area contributed by atoms with Crippen LogP contribution in [0.5, 0.6) is 17.2 Å². The number of benzene rings is 8. The molecule has 3 aliphatic carbocycles. The van der Waals surface area contributed by atoms with Crippen molar-refractivity contribution in [1.82, 2.24) is 98.9 Å². The molecule has 8 aromatic carbocycles. The van der Waals surface area contributed by atoms with E-state index in [9.17, 15) is 51.5 Å². The lowest BCUT2D eigenvalue weighted by Crippen LogP contribution is -2.30. The summed E-state index contributed by atoms with van der Waals surface area (Å²) in [4.78, 5) is 143. The normalized spacial score (nSPS) is 13.8. The van der Waals surface area contributed by atoms with Crippen LogP contribution in [0.1, 0.15) is 145 Å². The number of hydrogen-bond acceptors (Lipinski definition) is 23. The first-order valence-corrected chi connectivity index (χ1v) is 46.5. The largest absolute Gasteiger partial charge is 0.490 e. The smallest absolute Gasteiger partial charge is 0.416 e. The van der Waals surface area contributed by atoms with E-state index >= 15 is 0 Å². The first kappa shape index (κ1) is 95.6. The topological polar surface area (TPSA) is 390 Å². The molecule has 3 fully saturated rings. The highest BCUT2D eigenvalue weighted by atomic mass is 35.5. The molecule has 0 spiro atoms. The zero-order chi connectivity index (χ0) is 95.6. The van der Waals surface area contributed by atoms with E-state index in [1.54, 1.807) is 10.6 Å². The Hall–Kier alpha value is -13.5. The molecule has 0 amide bonds. The van der Waals surface area contributed by atoms with Gasteiger partial charge in [-0.25, -0.2) is 39.1 Å². The molecule has 8 aromatic rings. The van der Waals surface area contributed by atoms with Gasteiger partial charge >= 0.3 is 28.9 Å². The minimum absolute atomic E-state index is 0.00679. The van der Waals surface area contributed by atoms with Gasteiger partial charge in [0.25, 0.3) is 22.2 Å². The van der Waals surface area contributed by atoms with Gasteiger partial charge in [-0.3, -0.25) is 39.1 Å². The van der Waals surface area contributed by atoms with Crippen molar-refractivity contribution in [2.24, 2.45) is 0 Å². The molecule has 36 heteroatoms. The van der Waals surface area contributed by atoms with Crippen LogP contribution in [0.15, 0.2) is 184 Å². The average Bonchev–Trinajstić information content (AvgIpc) is 0.951. The van der Waals surface area contributed by atoms with Crippen LogP contribution in [0.2, 0.25) is 10.0 Å². The number of alkyl halides is 3. The Kier molecular flexibility index (Phi) is 30.0. The maximum atomic E-state index is 13.3. The third-order valence-corrected chi connectivity index (χ3v) is 25.4. The van der Waals surface area contributed by atoms with Crippen molar-refractivity contribution < 1.29 is 27.4 Å². The second-order valence-corrected chi connectivity index (χ2v) is 35.9. The number of aromatic amines is 4. The Balaban J connectivity index is 0.000000132. The summed E-state index contributed by atoms with van der Waals surface area (Å²) in [5.74, 6) is 3.28. The van der Waals surface area contributed by atoms with Gasteiger partial charge in [0.05, 0.1) is 68.0 Å². The van der Waals surface area contributed by atoms with Gasteiger partial charge in [-0.15, -0.1) is 0 Å². The highest BCUT2D eigenvalue weighted by Gasteiger charge is 2.34. The number of aromatic nitrogens is 16. The predicted octanol–water partition coefficient (Wildman–Crippen LogP) is 14.4. The highest BCUT2D eigenvalue weighted by Crippen LogP contribution is 2.38. The van der Waals surface area contributed by atoms with E-state index in [0.29, 0.717) is 77.9 Å². The zero-order valence-electron chi connectivity index (χ0n) is 76.5. The quantitative estimate of drug-likeness (QED) is 0.0186. The number of H-pyrrole nitrogens is 4. The summed E-state index contributed by atoms with van der Waals surface area (Å²) in [7, 11) is 2.04. The Morgan fingerprint density at radius 3 is 1.20 bits per heavy atom. The monoisotopic (exact) mass is 1890 g/mol. The predicted molar refractivity (Wildman–Crippen MR) is 518 cm³/mol. The molecular formula is C100H105Cl2F3N20O11. The van der Waals surface area contributed by atoms with Crippen molar-refractivity contribution in [2.45, 2.75) is 202 Å². The molecule has 7 N–H and O–H groups in total. The van der Waals surface area contributed by atoms with E-state index in [1.807, 2.05) is 171 Å². The van der Waals surface area contributed by atoms with Gasteiger partial charge < -0.3 is 53.3 Å². The van der Waals surface area contributed by atoms with E-state index in [1.165, 1.54) is 48.9 Å². The Labute approximate surface area is 787 Å². The first-order valence-electron chi connectivity index (χ1n) is 45.8. The summed E-state index contributed by atoms with van der Waals surface area (Å²) in [5.41, 5.74) is 10.2. The molecule has 11 aliphatic rings. The molecular weight excluding hydrogens is 1790 g/mol. The highest BCUT2D eigenvalue weighted by molar-refractivity contribution is 6.31. The number of nitrogens with zero attached hydrogens (tertiary/aromatic N) is 13. The van der Waals surface area contributed by atoms with E-state index in [4.69, 9.17) is 37.4 Å². The lowest BCUT2D eigenvalue weighted by atomic mass is 10.1. The van der Waals surface area contributed by atoms with Crippen LogP contribution in [0.25, 0.3) is 90.2 Å². The van der Waals surface area contributed by atoms with Crippen LogP contribution in [0.3, 0.4) is 0 Å². The minimum Gasteiger partial charge on any atom is -0.490 e. The number of halogens is 5. The molecule has 136 heavy (non-hydrogen) atoms. The molecule has 0 radical (unpaired) electrons. The Bertz CT molecular complexity index is 7450. The molecule has 0 atom stereocenters. The zero-order valence-corrected chi connectivity index (χ0v) is 78.0. The molecule has 0 bridgehead atoms. The van der Waals surface area contributed by atoms with Gasteiger partial charge in [0, 0.05) is 100 Å². The minimum atomic E-state index is -4.45. The second kappa shape index (κ2) is 42.6. The van der Waals surface area contributed by atoms with Crippen molar-refractivity contribution in [2.75, 3.05) is 33.2 Å². The van der Waals surface area contributed by atoms with Crippen LogP contribution in [0.4, 0.5) is 13.2 Å². The summed E-state index contributed by atoms with van der Waals surface area (Å²) in [6.45, 7) is 18.3. The fourth-order valence-electron chi connectivity index (χ4n) is 17.8. The fraction of sp³-hybridized carbons (Fsp3) is 0.360. The van der Waals surface area contributed by atoms with Gasteiger partial charge in [-0.2, -0.15) is 33.1 Å². The molecule has 706 valence electrons. The molecule has 0 unspecified atom stereocenters. The van der Waals surface area contributed by atoms with Gasteiger partial charge in [0.1, 0.15) is 17.2 Å². The average molecular weight is 1890 g/mol.